The maximum Gasteiger partial charge on any atom is 0.236 e. The van der Waals surface area contributed by atoms with Crippen LogP contribution in [0.3, 0.4) is 0 Å². The van der Waals surface area contributed by atoms with Crippen LogP contribution in [0.4, 0.5) is 0 Å². The zero-order chi connectivity index (χ0) is 12.2. The molecule has 1 heterocycles. The van der Waals surface area contributed by atoms with E-state index in [1.165, 1.54) is 0 Å². The highest BCUT2D eigenvalue weighted by atomic mass is 16.2. The third-order valence-corrected chi connectivity index (χ3v) is 3.21. The minimum Gasteiger partial charge on any atom is -0.336 e. The predicted molar refractivity (Wildman–Crippen MR) is 66.4 cm³/mol. The fraction of sp³-hybridized carbons (Fsp3) is 0.917. The molecular weight excluding hydrogens is 202 g/mol. The van der Waals surface area contributed by atoms with E-state index in [-0.39, 0.29) is 11.4 Å². The van der Waals surface area contributed by atoms with Crippen molar-refractivity contribution in [3.63, 3.8) is 0 Å². The monoisotopic (exact) mass is 227 g/mol. The van der Waals surface area contributed by atoms with E-state index in [9.17, 15) is 4.79 Å². The van der Waals surface area contributed by atoms with E-state index in [4.69, 9.17) is 0 Å². The molecule has 0 atom stereocenters. The third-order valence-electron chi connectivity index (χ3n) is 3.21. The van der Waals surface area contributed by atoms with Crippen molar-refractivity contribution in [1.82, 2.24) is 15.1 Å². The second kappa shape index (κ2) is 5.64. The van der Waals surface area contributed by atoms with Gasteiger partial charge in [0.25, 0.3) is 0 Å². The van der Waals surface area contributed by atoms with Crippen LogP contribution >= 0.6 is 0 Å². The Kier molecular flexibility index (Phi) is 4.74. The van der Waals surface area contributed by atoms with Crippen molar-refractivity contribution in [2.45, 2.75) is 32.2 Å². The van der Waals surface area contributed by atoms with Crippen LogP contribution in [0.2, 0.25) is 0 Å². The minimum absolute atomic E-state index is 0.00705. The van der Waals surface area contributed by atoms with Crippen molar-refractivity contribution in [2.24, 2.45) is 0 Å². The SMILES string of the molecule is CN(C)CCCN1C(=O)CNCCC1(C)C. The highest BCUT2D eigenvalue weighted by Gasteiger charge is 2.31. The van der Waals surface area contributed by atoms with Crippen molar-refractivity contribution in [1.29, 1.82) is 0 Å². The highest BCUT2D eigenvalue weighted by molar-refractivity contribution is 5.79. The molecule has 0 aromatic rings. The molecule has 1 N–H and O–H groups in total. The fourth-order valence-corrected chi connectivity index (χ4v) is 2.13. The molecule has 16 heavy (non-hydrogen) atoms. The van der Waals surface area contributed by atoms with Gasteiger partial charge in [0, 0.05) is 12.1 Å². The van der Waals surface area contributed by atoms with Crippen LogP contribution in [-0.4, -0.2) is 61.5 Å². The number of nitrogens with one attached hydrogen (secondary N) is 1. The van der Waals surface area contributed by atoms with Gasteiger partial charge in [-0.15, -0.1) is 0 Å². The van der Waals surface area contributed by atoms with Gasteiger partial charge in [0.2, 0.25) is 5.91 Å². The number of hydrogen-bond donors (Lipinski definition) is 1. The maximum absolute atomic E-state index is 12.0. The van der Waals surface area contributed by atoms with Crippen LogP contribution < -0.4 is 5.32 Å². The number of carbonyl (C=O) groups excluding carboxylic acids is 1. The largest absolute Gasteiger partial charge is 0.336 e. The van der Waals surface area contributed by atoms with Crippen LogP contribution in [0, 0.1) is 0 Å². The summed E-state index contributed by atoms with van der Waals surface area (Å²) >= 11 is 0. The smallest absolute Gasteiger partial charge is 0.236 e. The Morgan fingerprint density at radius 1 is 1.44 bits per heavy atom. The molecule has 0 aliphatic carbocycles. The Balaban J connectivity index is 2.54. The number of nitrogens with zero attached hydrogens (tertiary/aromatic N) is 2. The van der Waals surface area contributed by atoms with Gasteiger partial charge in [-0.2, -0.15) is 0 Å². The summed E-state index contributed by atoms with van der Waals surface area (Å²) in [6.07, 6.45) is 2.07. The van der Waals surface area contributed by atoms with E-state index in [1.807, 2.05) is 4.90 Å². The molecule has 1 aliphatic rings. The molecule has 4 nitrogen and oxygen atoms in total. The molecule has 0 aromatic heterocycles. The standard InChI is InChI=1S/C12H25N3O/c1-12(2)6-7-13-10-11(16)15(12)9-5-8-14(3)4/h13H,5-10H2,1-4H3. The van der Waals surface area contributed by atoms with E-state index in [0.717, 1.165) is 32.5 Å². The van der Waals surface area contributed by atoms with Crippen LogP contribution in [0.5, 0.6) is 0 Å². The van der Waals surface area contributed by atoms with Crippen LogP contribution in [0.15, 0.2) is 0 Å². The average Bonchev–Trinajstić information content (AvgIpc) is 2.28. The Morgan fingerprint density at radius 2 is 2.12 bits per heavy atom. The summed E-state index contributed by atoms with van der Waals surface area (Å²) < 4.78 is 0. The Bertz CT molecular complexity index is 238. The topological polar surface area (TPSA) is 35.6 Å². The lowest BCUT2D eigenvalue weighted by Crippen LogP contribution is -2.48. The summed E-state index contributed by atoms with van der Waals surface area (Å²) in [6.45, 7) is 7.65. The first-order valence-corrected chi connectivity index (χ1v) is 6.09. The lowest BCUT2D eigenvalue weighted by Gasteiger charge is -2.37. The molecule has 0 spiro atoms. The predicted octanol–water partition coefficient (Wildman–Crippen LogP) is 0.539. The van der Waals surface area contributed by atoms with Crippen molar-refractivity contribution in [2.75, 3.05) is 40.3 Å². The molecule has 1 rings (SSSR count). The number of amides is 1. The zero-order valence-corrected chi connectivity index (χ0v) is 11.0. The summed E-state index contributed by atoms with van der Waals surface area (Å²) in [7, 11) is 4.13. The molecule has 0 unspecified atom stereocenters. The van der Waals surface area contributed by atoms with Gasteiger partial charge < -0.3 is 15.1 Å². The molecule has 1 fully saturated rings. The first-order valence-electron chi connectivity index (χ1n) is 6.09. The van der Waals surface area contributed by atoms with Gasteiger partial charge in [0.1, 0.15) is 0 Å². The van der Waals surface area contributed by atoms with E-state index < -0.39 is 0 Å². The summed E-state index contributed by atoms with van der Waals surface area (Å²) in [5, 5.41) is 3.18. The number of rotatable bonds is 4. The molecule has 1 amide bonds. The Hall–Kier alpha value is -0.610. The van der Waals surface area contributed by atoms with Crippen molar-refractivity contribution < 1.29 is 4.79 Å². The molecule has 1 aliphatic heterocycles. The number of hydrogen-bond acceptors (Lipinski definition) is 3. The summed E-state index contributed by atoms with van der Waals surface area (Å²) in [5.41, 5.74) is -0.00705. The lowest BCUT2D eigenvalue weighted by molar-refractivity contribution is -0.134. The molecule has 94 valence electrons. The molecule has 0 bridgehead atoms. The van der Waals surface area contributed by atoms with E-state index in [2.05, 4.69) is 38.2 Å². The second-order valence-corrected chi connectivity index (χ2v) is 5.44. The average molecular weight is 227 g/mol. The van der Waals surface area contributed by atoms with Crippen molar-refractivity contribution >= 4 is 5.91 Å². The third kappa shape index (κ3) is 3.76. The van der Waals surface area contributed by atoms with E-state index >= 15 is 0 Å². The maximum atomic E-state index is 12.0. The highest BCUT2D eigenvalue weighted by Crippen LogP contribution is 2.20. The van der Waals surface area contributed by atoms with Crippen LogP contribution in [0.25, 0.3) is 0 Å². The lowest BCUT2D eigenvalue weighted by atomic mass is 9.98. The summed E-state index contributed by atoms with van der Waals surface area (Å²) in [5.74, 6) is 0.237. The Morgan fingerprint density at radius 3 is 2.75 bits per heavy atom. The van der Waals surface area contributed by atoms with Crippen LogP contribution in [-0.2, 0) is 4.79 Å². The van der Waals surface area contributed by atoms with Crippen molar-refractivity contribution in [3.05, 3.63) is 0 Å². The van der Waals surface area contributed by atoms with Gasteiger partial charge in [-0.05, 0) is 53.9 Å². The van der Waals surface area contributed by atoms with E-state index in [1.54, 1.807) is 0 Å². The number of carbonyl (C=O) groups is 1. The van der Waals surface area contributed by atoms with Gasteiger partial charge in [0.05, 0.1) is 6.54 Å². The normalized spacial score (nSPS) is 21.3. The zero-order valence-electron chi connectivity index (χ0n) is 11.0. The first kappa shape index (κ1) is 13.5. The minimum atomic E-state index is -0.00705. The first-order chi connectivity index (χ1) is 7.43. The summed E-state index contributed by atoms with van der Waals surface area (Å²) in [4.78, 5) is 16.2. The van der Waals surface area contributed by atoms with Gasteiger partial charge in [0.15, 0.2) is 0 Å². The molecule has 1 saturated heterocycles. The molecule has 0 radical (unpaired) electrons. The van der Waals surface area contributed by atoms with Gasteiger partial charge in [-0.25, -0.2) is 0 Å². The van der Waals surface area contributed by atoms with Crippen molar-refractivity contribution in [3.8, 4) is 0 Å². The van der Waals surface area contributed by atoms with E-state index in [0.29, 0.717) is 6.54 Å². The molecule has 4 heteroatoms. The molecule has 0 aromatic carbocycles. The van der Waals surface area contributed by atoms with Gasteiger partial charge >= 0.3 is 0 Å². The van der Waals surface area contributed by atoms with Crippen LogP contribution in [0.1, 0.15) is 26.7 Å². The molecular formula is C12H25N3O. The quantitative estimate of drug-likeness (QED) is 0.761. The summed E-state index contributed by atoms with van der Waals surface area (Å²) in [6, 6.07) is 0. The molecule has 0 saturated carbocycles. The second-order valence-electron chi connectivity index (χ2n) is 5.44. The Labute approximate surface area is 99.0 Å². The van der Waals surface area contributed by atoms with Gasteiger partial charge in [-0.3, -0.25) is 4.79 Å². The fourth-order valence-electron chi connectivity index (χ4n) is 2.13. The van der Waals surface area contributed by atoms with Gasteiger partial charge in [-0.1, -0.05) is 0 Å².